The van der Waals surface area contributed by atoms with Gasteiger partial charge in [0.2, 0.25) is 0 Å². The molecule has 0 aromatic heterocycles. The van der Waals surface area contributed by atoms with Crippen molar-refractivity contribution in [3.05, 3.63) is 23.5 Å². The van der Waals surface area contributed by atoms with Crippen LogP contribution < -0.4 is 15.0 Å². The van der Waals surface area contributed by atoms with Crippen LogP contribution in [0.25, 0.3) is 0 Å². The van der Waals surface area contributed by atoms with Gasteiger partial charge in [-0.1, -0.05) is 0 Å². The maximum Gasteiger partial charge on any atom is 0.146 e. The second kappa shape index (κ2) is 5.45. The van der Waals surface area contributed by atoms with Crippen LogP contribution in [0.4, 0.5) is 10.1 Å². The molecular weight excluding hydrogens is 245 g/mol. The minimum atomic E-state index is -0.532. The van der Waals surface area contributed by atoms with Crippen molar-refractivity contribution < 1.29 is 9.13 Å². The first kappa shape index (κ1) is 13.6. The van der Waals surface area contributed by atoms with Gasteiger partial charge in [-0.3, -0.25) is 0 Å². The zero-order valence-electron chi connectivity index (χ0n) is 11.4. The molecule has 4 nitrogen and oxygen atoms in total. The SMILES string of the molecule is COc1cc(N2C[C@@H](C)NC[C@H]2C)cc(F)c1C#N. The Labute approximate surface area is 112 Å². The number of anilines is 1. The number of halogens is 1. The largest absolute Gasteiger partial charge is 0.495 e. The number of hydrogen-bond donors (Lipinski definition) is 1. The highest BCUT2D eigenvalue weighted by atomic mass is 19.1. The van der Waals surface area contributed by atoms with Crippen LogP contribution in [-0.2, 0) is 0 Å². The van der Waals surface area contributed by atoms with Gasteiger partial charge >= 0.3 is 0 Å². The monoisotopic (exact) mass is 263 g/mol. The zero-order valence-corrected chi connectivity index (χ0v) is 11.4. The summed E-state index contributed by atoms with van der Waals surface area (Å²) in [4.78, 5) is 2.13. The van der Waals surface area contributed by atoms with Gasteiger partial charge in [-0.25, -0.2) is 4.39 Å². The lowest BCUT2D eigenvalue weighted by atomic mass is 10.1. The van der Waals surface area contributed by atoms with E-state index in [1.54, 1.807) is 6.07 Å². The van der Waals surface area contributed by atoms with Gasteiger partial charge in [0.05, 0.1) is 7.11 Å². The average Bonchev–Trinajstić information content (AvgIpc) is 2.40. The molecule has 1 heterocycles. The molecule has 0 aliphatic carbocycles. The van der Waals surface area contributed by atoms with Crippen molar-refractivity contribution in [2.45, 2.75) is 25.9 Å². The van der Waals surface area contributed by atoms with Crippen LogP contribution in [0.15, 0.2) is 12.1 Å². The number of nitrogens with zero attached hydrogens (tertiary/aromatic N) is 2. The van der Waals surface area contributed by atoms with E-state index in [2.05, 4.69) is 24.1 Å². The molecule has 5 heteroatoms. The molecule has 1 N–H and O–H groups in total. The quantitative estimate of drug-likeness (QED) is 0.885. The molecule has 0 radical (unpaired) electrons. The third-order valence-electron chi connectivity index (χ3n) is 3.47. The number of benzene rings is 1. The van der Waals surface area contributed by atoms with Crippen LogP contribution in [0.2, 0.25) is 0 Å². The Bertz CT molecular complexity index is 512. The number of piperazine rings is 1. The number of nitriles is 1. The maximum absolute atomic E-state index is 13.9. The van der Waals surface area contributed by atoms with Crippen LogP contribution in [0.1, 0.15) is 19.4 Å². The summed E-state index contributed by atoms with van der Waals surface area (Å²) < 4.78 is 19.0. The van der Waals surface area contributed by atoms with Crippen molar-refractivity contribution in [1.29, 1.82) is 5.26 Å². The van der Waals surface area contributed by atoms with E-state index in [0.717, 1.165) is 18.8 Å². The highest BCUT2D eigenvalue weighted by molar-refractivity contribution is 5.58. The fourth-order valence-electron chi connectivity index (χ4n) is 2.38. The zero-order chi connectivity index (χ0) is 14.0. The average molecular weight is 263 g/mol. The molecule has 0 amide bonds. The molecule has 1 aromatic rings. The highest BCUT2D eigenvalue weighted by Gasteiger charge is 2.24. The highest BCUT2D eigenvalue weighted by Crippen LogP contribution is 2.29. The molecule has 1 aromatic carbocycles. The van der Waals surface area contributed by atoms with E-state index in [4.69, 9.17) is 10.00 Å². The minimum Gasteiger partial charge on any atom is -0.495 e. The Kier molecular flexibility index (Phi) is 3.91. The number of hydrogen-bond acceptors (Lipinski definition) is 4. The third kappa shape index (κ3) is 2.64. The molecule has 19 heavy (non-hydrogen) atoms. The van der Waals surface area contributed by atoms with Crippen molar-refractivity contribution >= 4 is 5.69 Å². The number of ether oxygens (including phenoxy) is 1. The third-order valence-corrected chi connectivity index (χ3v) is 3.47. The summed E-state index contributed by atoms with van der Waals surface area (Å²) in [6.07, 6.45) is 0. The van der Waals surface area contributed by atoms with Gasteiger partial charge in [0.25, 0.3) is 0 Å². The fourth-order valence-corrected chi connectivity index (χ4v) is 2.38. The first-order valence-corrected chi connectivity index (χ1v) is 6.34. The smallest absolute Gasteiger partial charge is 0.146 e. The van der Waals surface area contributed by atoms with E-state index < -0.39 is 5.82 Å². The standard InChI is InChI=1S/C14H18FN3O/c1-9-8-18(10(2)7-17-9)11-4-13(15)12(6-16)14(5-11)19-3/h4-5,9-10,17H,7-8H2,1-3H3/t9-,10-/m1/s1. The molecule has 102 valence electrons. The lowest BCUT2D eigenvalue weighted by molar-refractivity contribution is 0.405. The molecule has 1 aliphatic heterocycles. The summed E-state index contributed by atoms with van der Waals surface area (Å²) >= 11 is 0. The summed E-state index contributed by atoms with van der Waals surface area (Å²) in [5.41, 5.74) is 0.719. The van der Waals surface area contributed by atoms with Gasteiger partial charge in [-0.15, -0.1) is 0 Å². The molecule has 0 bridgehead atoms. The van der Waals surface area contributed by atoms with Crippen LogP contribution in [0.3, 0.4) is 0 Å². The first-order valence-electron chi connectivity index (χ1n) is 6.34. The van der Waals surface area contributed by atoms with Crippen LogP contribution >= 0.6 is 0 Å². The van der Waals surface area contributed by atoms with E-state index in [0.29, 0.717) is 6.04 Å². The summed E-state index contributed by atoms with van der Waals surface area (Å²) in [5, 5.41) is 12.3. The number of methoxy groups -OCH3 is 1. The molecule has 1 saturated heterocycles. The summed E-state index contributed by atoms with van der Waals surface area (Å²) in [7, 11) is 1.45. The van der Waals surface area contributed by atoms with Gasteiger partial charge in [0, 0.05) is 36.9 Å². The summed E-state index contributed by atoms with van der Waals surface area (Å²) in [6, 6.07) is 5.60. The van der Waals surface area contributed by atoms with Crippen molar-refractivity contribution in [2.75, 3.05) is 25.1 Å². The molecule has 1 aliphatic rings. The molecule has 2 atom stereocenters. The minimum absolute atomic E-state index is 0.0397. The molecule has 1 fully saturated rings. The second-order valence-electron chi connectivity index (χ2n) is 4.93. The molecule has 0 saturated carbocycles. The van der Waals surface area contributed by atoms with Gasteiger partial charge in [0.15, 0.2) is 0 Å². The van der Waals surface area contributed by atoms with Gasteiger partial charge in [-0.05, 0) is 19.9 Å². The van der Waals surface area contributed by atoms with Crippen LogP contribution in [-0.4, -0.2) is 32.3 Å². The summed E-state index contributed by atoms with van der Waals surface area (Å²) in [6.45, 7) is 5.83. The number of rotatable bonds is 2. The Morgan fingerprint density at radius 2 is 2.21 bits per heavy atom. The van der Waals surface area contributed by atoms with Gasteiger partial charge in [0.1, 0.15) is 23.2 Å². The Morgan fingerprint density at radius 1 is 1.47 bits per heavy atom. The van der Waals surface area contributed by atoms with E-state index in [-0.39, 0.29) is 17.4 Å². The van der Waals surface area contributed by atoms with Gasteiger partial charge in [-0.2, -0.15) is 5.26 Å². The molecular formula is C14H18FN3O. The van der Waals surface area contributed by atoms with Gasteiger partial charge < -0.3 is 15.0 Å². The Hall–Kier alpha value is -1.80. The molecule has 0 unspecified atom stereocenters. The topological polar surface area (TPSA) is 48.3 Å². The van der Waals surface area contributed by atoms with E-state index in [9.17, 15) is 4.39 Å². The Morgan fingerprint density at radius 3 is 2.84 bits per heavy atom. The van der Waals surface area contributed by atoms with E-state index in [1.807, 2.05) is 6.07 Å². The van der Waals surface area contributed by atoms with E-state index in [1.165, 1.54) is 13.2 Å². The first-order chi connectivity index (χ1) is 9.06. The summed E-state index contributed by atoms with van der Waals surface area (Å²) in [5.74, 6) is -0.244. The van der Waals surface area contributed by atoms with Crippen LogP contribution in [0, 0.1) is 17.1 Å². The predicted molar refractivity (Wildman–Crippen MR) is 71.9 cm³/mol. The lowest BCUT2D eigenvalue weighted by Gasteiger charge is -2.39. The van der Waals surface area contributed by atoms with Crippen LogP contribution in [0.5, 0.6) is 5.75 Å². The fraction of sp³-hybridized carbons (Fsp3) is 0.500. The lowest BCUT2D eigenvalue weighted by Crippen LogP contribution is -2.54. The molecule has 2 rings (SSSR count). The van der Waals surface area contributed by atoms with Crippen molar-refractivity contribution in [3.8, 4) is 11.8 Å². The maximum atomic E-state index is 13.9. The number of nitrogens with one attached hydrogen (secondary N) is 1. The molecule has 0 spiro atoms. The second-order valence-corrected chi connectivity index (χ2v) is 4.93. The normalized spacial score (nSPS) is 23.0. The van der Waals surface area contributed by atoms with Crippen molar-refractivity contribution in [2.24, 2.45) is 0 Å². The predicted octanol–water partition coefficient (Wildman–Crippen LogP) is 1.89. The van der Waals surface area contributed by atoms with Crippen molar-refractivity contribution in [3.63, 3.8) is 0 Å². The van der Waals surface area contributed by atoms with E-state index >= 15 is 0 Å². The Balaban J connectivity index is 2.40. The van der Waals surface area contributed by atoms with Crippen molar-refractivity contribution in [1.82, 2.24) is 5.32 Å².